The van der Waals surface area contributed by atoms with Gasteiger partial charge in [0.25, 0.3) is 11.8 Å². The summed E-state index contributed by atoms with van der Waals surface area (Å²) in [5, 5.41) is 21.0. The lowest BCUT2D eigenvalue weighted by Gasteiger charge is -2.50. The van der Waals surface area contributed by atoms with Crippen molar-refractivity contribution in [2.75, 3.05) is 16.1 Å². The number of nitrogens with two attached hydrogens (primary N) is 1. The predicted octanol–water partition coefficient (Wildman–Crippen LogP) is 13.9. The average Bonchev–Trinajstić information content (AvgIpc) is 2.95. The Labute approximate surface area is 513 Å². The number of allylic oxidation sites excluding steroid dienone is 1. The second kappa shape index (κ2) is 25.6. The van der Waals surface area contributed by atoms with Crippen molar-refractivity contribution in [1.29, 1.82) is 0 Å². The molecule has 2 atom stereocenters. The lowest BCUT2D eigenvalue weighted by molar-refractivity contribution is -0.158. The van der Waals surface area contributed by atoms with Crippen LogP contribution in [0.25, 0.3) is 0 Å². The van der Waals surface area contributed by atoms with E-state index in [4.69, 9.17) is 37.0 Å². The Hall–Kier alpha value is -8.84. The molecule has 0 radical (unpaired) electrons. The number of amides is 2. The number of fused-ring (bicyclic) bond motifs is 1. The van der Waals surface area contributed by atoms with Crippen molar-refractivity contribution < 1.29 is 24.0 Å². The topological polar surface area (TPSA) is 174 Å². The fourth-order valence-electron chi connectivity index (χ4n) is 11.0. The zero-order valence-corrected chi connectivity index (χ0v) is 49.3. The number of thiazole rings is 1. The van der Waals surface area contributed by atoms with E-state index < -0.39 is 47.1 Å². The molecule has 4 N–H and O–H groups in total. The van der Waals surface area contributed by atoms with Crippen LogP contribution in [0.1, 0.15) is 69.1 Å². The lowest BCUT2D eigenvalue weighted by atomic mass is 9.77. The zero-order chi connectivity index (χ0) is 58.2. The summed E-state index contributed by atoms with van der Waals surface area (Å²) >= 11 is 12.7. The number of aromatic nitrogens is 3. The molecule has 18 heteroatoms. The van der Waals surface area contributed by atoms with Crippen LogP contribution in [0.4, 0.5) is 10.3 Å². The SMILES string of the molecule is Nc1nnc(SCSC2=C(C(=O)OC(c3ccccc3)c3ccccc3)N3C(=O)[C@@H](NC(=O)/C(=N\OC(c4ccccc4)(c4ccccc4)c4ccccc4)c4nc(NC(c5ccccc5)(c5ccccc5)c5ccccc5)sc4Cl)[C@H]3CC2)s1. The van der Waals surface area contributed by atoms with Crippen molar-refractivity contribution in [3.63, 3.8) is 0 Å². The summed E-state index contributed by atoms with van der Waals surface area (Å²) in [6.45, 7) is 0. The number of carbonyl (C=O) groups excluding carboxylic acids is 3. The molecule has 0 saturated carbocycles. The largest absolute Gasteiger partial charge is 0.448 e. The molecule has 0 aliphatic carbocycles. The van der Waals surface area contributed by atoms with Gasteiger partial charge in [0, 0.05) is 21.6 Å². The standard InChI is InChI=1S/C67H53ClN8O5S4/c68-59-55(71-64(84-59)72-66(46-29-13-3-14-30-46,47-31-15-4-16-32-47)48-33-17-5-18-34-48)56(75-81-67(49-35-19-6-20-36-49,50-37-21-7-22-38-50)51-39-23-8-24-40-51)60(77)70-54-52-41-42-53(82-43-83-65-74-73-63(69)85-65)57(76(52)61(54)78)62(79)80-58(44-25-9-1-10-26-44)45-27-11-2-12-28-45/h1-40,52,54,58H,41-43H2,(H2,69,73)(H,70,77)(H,71,72)/b75-56-/t52-,54+/m1/s1. The Morgan fingerprint density at radius 2 is 1.11 bits per heavy atom. The van der Waals surface area contributed by atoms with Crippen LogP contribution in [0.3, 0.4) is 0 Å². The van der Waals surface area contributed by atoms with Crippen LogP contribution in [0, 0.1) is 0 Å². The number of anilines is 2. The van der Waals surface area contributed by atoms with Gasteiger partial charge in [-0.1, -0.05) is 294 Å². The van der Waals surface area contributed by atoms with Gasteiger partial charge in [0.2, 0.25) is 10.7 Å². The fraction of sp³-hybridized carbons (Fsp3) is 0.119. The van der Waals surface area contributed by atoms with Crippen molar-refractivity contribution in [3.05, 3.63) is 308 Å². The molecule has 12 rings (SSSR count). The van der Waals surface area contributed by atoms with Gasteiger partial charge in [-0.25, -0.2) is 9.78 Å². The van der Waals surface area contributed by atoms with Crippen molar-refractivity contribution in [2.24, 2.45) is 5.16 Å². The summed E-state index contributed by atoms with van der Waals surface area (Å²) in [4.78, 5) is 60.1. The number of oxime groups is 1. The Morgan fingerprint density at radius 3 is 1.56 bits per heavy atom. The number of carbonyl (C=O) groups is 3. The molecule has 1 saturated heterocycles. The van der Waals surface area contributed by atoms with Crippen LogP contribution in [-0.2, 0) is 35.1 Å². The van der Waals surface area contributed by atoms with Gasteiger partial charge in [-0.2, -0.15) is 0 Å². The van der Waals surface area contributed by atoms with Crippen LogP contribution < -0.4 is 16.4 Å². The minimum atomic E-state index is -1.43. The number of hydrogen-bond acceptors (Lipinski definition) is 15. The van der Waals surface area contributed by atoms with Crippen LogP contribution in [0.2, 0.25) is 4.34 Å². The Bertz CT molecular complexity index is 3770. The van der Waals surface area contributed by atoms with Gasteiger partial charge >= 0.3 is 5.97 Å². The summed E-state index contributed by atoms with van der Waals surface area (Å²) in [5.41, 5.74) is 9.73. The van der Waals surface area contributed by atoms with Crippen LogP contribution in [-0.4, -0.2) is 60.7 Å². The van der Waals surface area contributed by atoms with Gasteiger partial charge in [0.1, 0.15) is 27.3 Å². The summed E-state index contributed by atoms with van der Waals surface area (Å²) in [6.07, 6.45) is 0.00209. The first-order valence-corrected chi connectivity index (χ1v) is 31.3. The molecule has 85 heavy (non-hydrogen) atoms. The molecule has 0 spiro atoms. The number of nitrogen functional groups attached to an aromatic ring is 1. The van der Waals surface area contributed by atoms with Crippen LogP contribution in [0.15, 0.2) is 263 Å². The molecule has 2 aromatic heterocycles. The highest BCUT2D eigenvalue weighted by Gasteiger charge is 2.55. The van der Waals surface area contributed by atoms with Crippen LogP contribution >= 0.6 is 57.8 Å². The summed E-state index contributed by atoms with van der Waals surface area (Å²) in [5.74, 6) is -1.98. The van der Waals surface area contributed by atoms with E-state index in [0.717, 1.165) is 55.8 Å². The maximum atomic E-state index is 15.7. The van der Waals surface area contributed by atoms with E-state index in [9.17, 15) is 0 Å². The maximum absolute atomic E-state index is 15.7. The number of benzene rings is 8. The van der Waals surface area contributed by atoms with Crippen molar-refractivity contribution in [2.45, 2.75) is 46.5 Å². The lowest BCUT2D eigenvalue weighted by Crippen LogP contribution is -2.72. The molecular formula is C67H53ClN8O5S4. The average molecular weight is 1210 g/mol. The molecule has 8 aromatic carbocycles. The molecule has 1 fully saturated rings. The van der Waals surface area contributed by atoms with E-state index >= 15 is 14.4 Å². The first-order chi connectivity index (χ1) is 41.7. The third-order valence-electron chi connectivity index (χ3n) is 14.9. The third-order valence-corrected chi connectivity index (χ3v) is 19.2. The predicted molar refractivity (Wildman–Crippen MR) is 339 cm³/mol. The Kier molecular flexibility index (Phi) is 17.0. The molecule has 422 valence electrons. The van der Waals surface area contributed by atoms with E-state index in [1.54, 1.807) is 0 Å². The highest BCUT2D eigenvalue weighted by Crippen LogP contribution is 2.46. The second-order valence-electron chi connectivity index (χ2n) is 19.9. The maximum Gasteiger partial charge on any atom is 0.356 e. The number of halogens is 1. The number of ether oxygens (including phenoxy) is 1. The number of esters is 1. The molecule has 4 heterocycles. The molecule has 2 aliphatic rings. The summed E-state index contributed by atoms with van der Waals surface area (Å²) < 4.78 is 7.28. The van der Waals surface area contributed by atoms with E-state index in [2.05, 4.69) is 57.2 Å². The minimum absolute atomic E-state index is 0.00973. The Balaban J connectivity index is 0.939. The summed E-state index contributed by atoms with van der Waals surface area (Å²) in [7, 11) is 0. The minimum Gasteiger partial charge on any atom is -0.448 e. The molecule has 2 aliphatic heterocycles. The van der Waals surface area contributed by atoms with E-state index in [-0.39, 0.29) is 21.4 Å². The van der Waals surface area contributed by atoms with E-state index in [0.29, 0.717) is 37.4 Å². The fourth-order valence-corrected chi connectivity index (χ4v) is 15.2. The van der Waals surface area contributed by atoms with Gasteiger partial charge in [-0.3, -0.25) is 14.5 Å². The van der Waals surface area contributed by atoms with Crippen molar-refractivity contribution >= 4 is 91.6 Å². The van der Waals surface area contributed by atoms with Gasteiger partial charge in [0.15, 0.2) is 21.3 Å². The highest BCUT2D eigenvalue weighted by molar-refractivity contribution is 8.18. The third kappa shape index (κ3) is 11.6. The smallest absolute Gasteiger partial charge is 0.356 e. The molecule has 10 aromatic rings. The normalized spacial score (nSPS) is 15.2. The van der Waals surface area contributed by atoms with Gasteiger partial charge in [-0.15, -0.1) is 22.0 Å². The molecular weight excluding hydrogens is 1160 g/mol. The van der Waals surface area contributed by atoms with Crippen molar-refractivity contribution in [1.82, 2.24) is 25.4 Å². The molecule has 2 amide bonds. The molecule has 0 unspecified atom stereocenters. The van der Waals surface area contributed by atoms with Crippen LogP contribution in [0.5, 0.6) is 0 Å². The Morgan fingerprint density at radius 1 is 0.647 bits per heavy atom. The number of β-lactam (4-membered cyclic amide) rings is 1. The highest BCUT2D eigenvalue weighted by atomic mass is 35.5. The summed E-state index contributed by atoms with van der Waals surface area (Å²) in [6, 6.07) is 76.3. The second-order valence-corrected chi connectivity index (χ2v) is 25.1. The number of thioether (sulfide) groups is 2. The van der Waals surface area contributed by atoms with Crippen molar-refractivity contribution in [3.8, 4) is 0 Å². The first kappa shape index (κ1) is 56.6. The quantitative estimate of drug-likeness (QED) is 0.0118. The van der Waals surface area contributed by atoms with E-state index in [1.807, 2.05) is 206 Å². The van der Waals surface area contributed by atoms with Gasteiger partial charge in [0.05, 0.1) is 11.1 Å². The number of rotatable bonds is 21. The monoisotopic (exact) mass is 1210 g/mol. The van der Waals surface area contributed by atoms with Gasteiger partial charge < -0.3 is 25.9 Å². The molecule has 0 bridgehead atoms. The van der Waals surface area contributed by atoms with E-state index in [1.165, 1.54) is 39.8 Å². The first-order valence-electron chi connectivity index (χ1n) is 27.3. The number of nitrogens with zero attached hydrogens (tertiary/aromatic N) is 5. The van der Waals surface area contributed by atoms with Gasteiger partial charge in [-0.05, 0) is 40.7 Å². The number of nitrogens with one attached hydrogen (secondary N) is 2. The zero-order valence-electron chi connectivity index (χ0n) is 45.3. The number of hydrogen-bond donors (Lipinski definition) is 3. The molecule has 13 nitrogen and oxygen atoms in total.